The molecular formula is C16H18N2O3S. The van der Waals surface area contributed by atoms with Crippen LogP contribution in [0.2, 0.25) is 0 Å². The van der Waals surface area contributed by atoms with Gasteiger partial charge in [0.1, 0.15) is 4.90 Å². The summed E-state index contributed by atoms with van der Waals surface area (Å²) >= 11 is 0. The van der Waals surface area contributed by atoms with Crippen LogP contribution in [0.5, 0.6) is 0 Å². The van der Waals surface area contributed by atoms with E-state index in [2.05, 4.69) is 11.1 Å². The van der Waals surface area contributed by atoms with E-state index in [0.717, 1.165) is 6.42 Å². The summed E-state index contributed by atoms with van der Waals surface area (Å²) in [5.74, 6) is 0. The molecule has 1 aromatic heterocycles. The number of ether oxygens (including phenoxy) is 1. The van der Waals surface area contributed by atoms with Crippen LogP contribution in [0.1, 0.15) is 11.1 Å². The van der Waals surface area contributed by atoms with Gasteiger partial charge in [-0.2, -0.15) is 4.31 Å². The minimum atomic E-state index is -3.52. The quantitative estimate of drug-likeness (QED) is 0.863. The molecule has 22 heavy (non-hydrogen) atoms. The van der Waals surface area contributed by atoms with Gasteiger partial charge in [-0.05, 0) is 23.3 Å². The van der Waals surface area contributed by atoms with E-state index in [9.17, 15) is 8.42 Å². The number of aromatic nitrogens is 1. The van der Waals surface area contributed by atoms with E-state index in [1.54, 1.807) is 25.4 Å². The highest BCUT2D eigenvalue weighted by molar-refractivity contribution is 7.89. The molecule has 1 aromatic carbocycles. The van der Waals surface area contributed by atoms with Gasteiger partial charge >= 0.3 is 0 Å². The Labute approximate surface area is 130 Å². The fraction of sp³-hybridized carbons (Fsp3) is 0.312. The van der Waals surface area contributed by atoms with Gasteiger partial charge in [0, 0.05) is 32.4 Å². The van der Waals surface area contributed by atoms with E-state index in [0.29, 0.717) is 13.2 Å². The van der Waals surface area contributed by atoms with Crippen molar-refractivity contribution in [2.75, 3.05) is 13.6 Å². The highest BCUT2D eigenvalue weighted by Gasteiger charge is 2.26. The molecule has 0 aliphatic carbocycles. The van der Waals surface area contributed by atoms with Crippen LogP contribution in [0.25, 0.3) is 0 Å². The maximum atomic E-state index is 12.5. The zero-order chi connectivity index (χ0) is 15.6. The molecule has 1 aliphatic rings. The Balaban J connectivity index is 1.72. The number of hydrogen-bond donors (Lipinski definition) is 0. The molecule has 1 unspecified atom stereocenters. The number of sulfonamides is 1. The molecular weight excluding hydrogens is 300 g/mol. The maximum absolute atomic E-state index is 12.5. The van der Waals surface area contributed by atoms with Crippen molar-refractivity contribution >= 4 is 10.0 Å². The van der Waals surface area contributed by atoms with Crippen molar-refractivity contribution in [1.82, 2.24) is 9.29 Å². The summed E-state index contributed by atoms with van der Waals surface area (Å²) in [6.45, 7) is 0.854. The van der Waals surface area contributed by atoms with Crippen molar-refractivity contribution in [2.24, 2.45) is 0 Å². The highest BCUT2D eigenvalue weighted by atomic mass is 32.2. The number of hydrogen-bond acceptors (Lipinski definition) is 4. The molecule has 3 rings (SSSR count). The molecule has 0 saturated carbocycles. The second-order valence-electron chi connectivity index (χ2n) is 5.38. The first-order chi connectivity index (χ1) is 10.6. The number of pyridine rings is 1. The van der Waals surface area contributed by atoms with Crippen molar-refractivity contribution in [2.45, 2.75) is 24.0 Å². The topological polar surface area (TPSA) is 59.5 Å². The van der Waals surface area contributed by atoms with Gasteiger partial charge in [-0.25, -0.2) is 8.42 Å². The highest BCUT2D eigenvalue weighted by Crippen LogP contribution is 2.22. The van der Waals surface area contributed by atoms with Crippen molar-refractivity contribution in [3.8, 4) is 0 Å². The van der Waals surface area contributed by atoms with Crippen LogP contribution in [0.4, 0.5) is 0 Å². The first-order valence-electron chi connectivity index (χ1n) is 7.12. The zero-order valence-electron chi connectivity index (χ0n) is 12.3. The molecule has 0 fully saturated rings. The van der Waals surface area contributed by atoms with Crippen molar-refractivity contribution in [3.05, 3.63) is 59.9 Å². The molecule has 116 valence electrons. The number of rotatable bonds is 4. The van der Waals surface area contributed by atoms with Crippen LogP contribution >= 0.6 is 0 Å². The Kier molecular flexibility index (Phi) is 4.24. The van der Waals surface area contributed by atoms with E-state index in [1.807, 2.05) is 18.2 Å². The molecule has 6 heteroatoms. The van der Waals surface area contributed by atoms with Gasteiger partial charge in [-0.15, -0.1) is 0 Å². The van der Waals surface area contributed by atoms with Crippen LogP contribution in [0, 0.1) is 0 Å². The molecule has 0 N–H and O–H groups in total. The second kappa shape index (κ2) is 6.16. The fourth-order valence-electron chi connectivity index (χ4n) is 2.59. The summed E-state index contributed by atoms with van der Waals surface area (Å²) < 4.78 is 32.1. The Morgan fingerprint density at radius 1 is 1.23 bits per heavy atom. The summed E-state index contributed by atoms with van der Waals surface area (Å²) in [6.07, 6.45) is 3.51. The summed E-state index contributed by atoms with van der Waals surface area (Å²) in [5, 5.41) is 0. The van der Waals surface area contributed by atoms with Gasteiger partial charge in [0.05, 0.1) is 12.7 Å². The average Bonchev–Trinajstić information content (AvgIpc) is 2.55. The molecule has 0 bridgehead atoms. The van der Waals surface area contributed by atoms with Gasteiger partial charge in [-0.1, -0.05) is 24.3 Å². The number of likely N-dealkylation sites (N-methyl/N-ethyl adjacent to an activating group) is 1. The molecule has 5 nitrogen and oxygen atoms in total. The first kappa shape index (κ1) is 15.1. The average molecular weight is 318 g/mol. The van der Waals surface area contributed by atoms with Crippen LogP contribution in [0.15, 0.2) is 53.7 Å². The smallest absolute Gasteiger partial charge is 0.244 e. The zero-order valence-corrected chi connectivity index (χ0v) is 13.2. The van der Waals surface area contributed by atoms with E-state index < -0.39 is 10.0 Å². The SMILES string of the molecule is CN(CC1Cc2ccccc2CO1)S(=O)(=O)c1cccnc1. The Hall–Kier alpha value is -1.76. The fourth-order valence-corrected chi connectivity index (χ4v) is 3.76. The summed E-state index contributed by atoms with van der Waals surface area (Å²) in [4.78, 5) is 4.08. The summed E-state index contributed by atoms with van der Waals surface area (Å²) in [6, 6.07) is 11.3. The summed E-state index contributed by atoms with van der Waals surface area (Å²) in [7, 11) is -1.95. The third kappa shape index (κ3) is 3.04. The van der Waals surface area contributed by atoms with Crippen LogP contribution in [-0.4, -0.2) is 37.4 Å². The monoisotopic (exact) mass is 318 g/mol. The van der Waals surface area contributed by atoms with Crippen LogP contribution in [0.3, 0.4) is 0 Å². The minimum absolute atomic E-state index is 0.133. The molecule has 0 spiro atoms. The molecule has 2 aromatic rings. The standard InChI is InChI=1S/C16H18N2O3S/c1-18(22(19,20)16-7-4-8-17-10-16)11-15-9-13-5-2-3-6-14(13)12-21-15/h2-8,10,15H,9,11-12H2,1H3. The molecule has 0 radical (unpaired) electrons. The van der Waals surface area contributed by atoms with Gasteiger partial charge in [-0.3, -0.25) is 4.98 Å². The van der Waals surface area contributed by atoms with E-state index in [4.69, 9.17) is 4.74 Å². The predicted octanol–water partition coefficient (Wildman–Crippen LogP) is 1.84. The number of benzene rings is 1. The minimum Gasteiger partial charge on any atom is -0.372 e. The summed E-state index contributed by atoms with van der Waals surface area (Å²) in [5.41, 5.74) is 2.41. The maximum Gasteiger partial charge on any atom is 0.244 e. The normalized spacial score (nSPS) is 18.2. The third-order valence-corrected chi connectivity index (χ3v) is 5.65. The molecule has 1 aliphatic heterocycles. The number of nitrogens with zero attached hydrogens (tertiary/aromatic N) is 2. The van der Waals surface area contributed by atoms with E-state index >= 15 is 0 Å². The lowest BCUT2D eigenvalue weighted by atomic mass is 9.99. The van der Waals surface area contributed by atoms with E-state index in [-0.39, 0.29) is 11.0 Å². The number of fused-ring (bicyclic) bond motifs is 1. The molecule has 0 amide bonds. The third-order valence-electron chi connectivity index (χ3n) is 3.84. The Morgan fingerprint density at radius 2 is 2.00 bits per heavy atom. The van der Waals surface area contributed by atoms with Crippen molar-refractivity contribution < 1.29 is 13.2 Å². The lowest BCUT2D eigenvalue weighted by molar-refractivity contribution is 0.0202. The van der Waals surface area contributed by atoms with Gasteiger partial charge in [0.25, 0.3) is 0 Å². The molecule has 2 heterocycles. The largest absolute Gasteiger partial charge is 0.372 e. The van der Waals surface area contributed by atoms with E-state index in [1.165, 1.54) is 21.6 Å². The van der Waals surface area contributed by atoms with Crippen molar-refractivity contribution in [1.29, 1.82) is 0 Å². The second-order valence-corrected chi connectivity index (χ2v) is 7.43. The Bertz CT molecular complexity index is 747. The predicted molar refractivity (Wildman–Crippen MR) is 82.8 cm³/mol. The Morgan fingerprint density at radius 3 is 2.73 bits per heavy atom. The van der Waals surface area contributed by atoms with Crippen LogP contribution < -0.4 is 0 Å². The first-order valence-corrected chi connectivity index (χ1v) is 8.56. The lowest BCUT2D eigenvalue weighted by Gasteiger charge is -2.28. The van der Waals surface area contributed by atoms with Gasteiger partial charge in [0.15, 0.2) is 0 Å². The van der Waals surface area contributed by atoms with Gasteiger partial charge in [0.2, 0.25) is 10.0 Å². The van der Waals surface area contributed by atoms with Gasteiger partial charge < -0.3 is 4.74 Å². The molecule has 1 atom stereocenters. The van der Waals surface area contributed by atoms with Crippen molar-refractivity contribution in [3.63, 3.8) is 0 Å². The molecule has 0 saturated heterocycles. The lowest BCUT2D eigenvalue weighted by Crippen LogP contribution is -2.38. The van der Waals surface area contributed by atoms with Crippen LogP contribution in [-0.2, 0) is 27.8 Å².